The van der Waals surface area contributed by atoms with Gasteiger partial charge in [0.15, 0.2) is 0 Å². The molecule has 1 fully saturated rings. The molecule has 1 saturated heterocycles. The molecule has 1 aromatic heterocycles. The lowest BCUT2D eigenvalue weighted by molar-refractivity contribution is -0.121. The Bertz CT molecular complexity index is 954. The Kier molecular flexibility index (Phi) is 7.04. The third kappa shape index (κ3) is 5.07. The third-order valence-corrected chi connectivity index (χ3v) is 8.89. The SMILES string of the molecule is CC(NC(=O)Cc1ccc(S(=O)(=O)N2CCCCC2)s1)c1ccc(Cl)c(Cl)c1. The number of hydrogen-bond donors (Lipinski definition) is 1. The molecule has 0 bridgehead atoms. The Morgan fingerprint density at radius 3 is 2.54 bits per heavy atom. The average molecular weight is 461 g/mol. The summed E-state index contributed by atoms with van der Waals surface area (Å²) >= 11 is 13.1. The van der Waals surface area contributed by atoms with Gasteiger partial charge in [-0.1, -0.05) is 35.7 Å². The fourth-order valence-corrected chi connectivity index (χ4v) is 6.47. The minimum absolute atomic E-state index is 0.131. The molecule has 0 spiro atoms. The monoisotopic (exact) mass is 460 g/mol. The van der Waals surface area contributed by atoms with Crippen molar-refractivity contribution in [3.63, 3.8) is 0 Å². The number of nitrogens with zero attached hydrogens (tertiary/aromatic N) is 1. The molecule has 152 valence electrons. The molecule has 2 heterocycles. The highest BCUT2D eigenvalue weighted by molar-refractivity contribution is 7.91. The van der Waals surface area contributed by atoms with Crippen molar-refractivity contribution in [3.05, 3.63) is 50.8 Å². The topological polar surface area (TPSA) is 66.5 Å². The van der Waals surface area contributed by atoms with Gasteiger partial charge in [0.1, 0.15) is 4.21 Å². The lowest BCUT2D eigenvalue weighted by Crippen LogP contribution is -2.35. The van der Waals surface area contributed by atoms with E-state index >= 15 is 0 Å². The van der Waals surface area contributed by atoms with E-state index < -0.39 is 10.0 Å². The van der Waals surface area contributed by atoms with Crippen molar-refractivity contribution in [3.8, 4) is 0 Å². The predicted molar refractivity (Wildman–Crippen MR) is 114 cm³/mol. The first kappa shape index (κ1) is 21.6. The van der Waals surface area contributed by atoms with Crippen LogP contribution in [0.15, 0.2) is 34.5 Å². The van der Waals surface area contributed by atoms with E-state index in [1.807, 2.05) is 13.0 Å². The predicted octanol–water partition coefficient (Wildman–Crippen LogP) is 4.65. The lowest BCUT2D eigenvalue weighted by Gasteiger charge is -2.25. The molecule has 0 saturated carbocycles. The summed E-state index contributed by atoms with van der Waals surface area (Å²) < 4.78 is 27.3. The van der Waals surface area contributed by atoms with Gasteiger partial charge in [-0.25, -0.2) is 8.42 Å². The average Bonchev–Trinajstić information content (AvgIpc) is 3.13. The summed E-state index contributed by atoms with van der Waals surface area (Å²) in [6.07, 6.45) is 2.99. The number of piperidine rings is 1. The van der Waals surface area contributed by atoms with Crippen molar-refractivity contribution in [2.45, 2.75) is 42.9 Å². The fourth-order valence-electron chi connectivity index (χ4n) is 3.14. The maximum Gasteiger partial charge on any atom is 0.252 e. The molecule has 0 radical (unpaired) electrons. The highest BCUT2D eigenvalue weighted by atomic mass is 35.5. The molecule has 3 rings (SSSR count). The van der Waals surface area contributed by atoms with Gasteiger partial charge in [0.25, 0.3) is 10.0 Å². The van der Waals surface area contributed by atoms with Gasteiger partial charge in [0.2, 0.25) is 5.91 Å². The van der Waals surface area contributed by atoms with Crippen LogP contribution in [0.3, 0.4) is 0 Å². The molecule has 28 heavy (non-hydrogen) atoms. The normalized spacial score (nSPS) is 16.7. The van der Waals surface area contributed by atoms with Crippen molar-refractivity contribution in [1.82, 2.24) is 9.62 Å². The largest absolute Gasteiger partial charge is 0.349 e. The molecule has 9 heteroatoms. The molecule has 1 atom stereocenters. The molecular formula is C19H22Cl2N2O3S2. The van der Waals surface area contributed by atoms with E-state index in [-0.39, 0.29) is 18.4 Å². The number of carbonyl (C=O) groups excluding carboxylic acids is 1. The number of amides is 1. The molecule has 1 aliphatic rings. The molecule has 1 amide bonds. The Labute approximate surface area is 179 Å². The molecule has 0 aliphatic carbocycles. The molecule has 1 unspecified atom stereocenters. The van der Waals surface area contributed by atoms with E-state index in [0.717, 1.165) is 41.0 Å². The number of nitrogens with one attached hydrogen (secondary N) is 1. The zero-order valence-electron chi connectivity index (χ0n) is 15.5. The van der Waals surface area contributed by atoms with Crippen LogP contribution in [0.5, 0.6) is 0 Å². The van der Waals surface area contributed by atoms with Crippen LogP contribution < -0.4 is 5.32 Å². The fraction of sp³-hybridized carbons (Fsp3) is 0.421. The van der Waals surface area contributed by atoms with Crippen molar-refractivity contribution in [2.24, 2.45) is 0 Å². The summed E-state index contributed by atoms with van der Waals surface area (Å²) in [5, 5.41) is 3.81. The van der Waals surface area contributed by atoms with Crippen LogP contribution in [0, 0.1) is 0 Å². The summed E-state index contributed by atoms with van der Waals surface area (Å²) in [5.41, 5.74) is 0.849. The van der Waals surface area contributed by atoms with Crippen molar-refractivity contribution in [2.75, 3.05) is 13.1 Å². The van der Waals surface area contributed by atoms with Gasteiger partial charge in [-0.2, -0.15) is 4.31 Å². The summed E-state index contributed by atoms with van der Waals surface area (Å²) in [4.78, 5) is 13.1. The molecule has 1 aromatic carbocycles. The van der Waals surface area contributed by atoms with Gasteiger partial charge in [-0.05, 0) is 49.6 Å². The first-order valence-electron chi connectivity index (χ1n) is 9.10. The van der Waals surface area contributed by atoms with Gasteiger partial charge < -0.3 is 5.32 Å². The van der Waals surface area contributed by atoms with Crippen LogP contribution in [-0.2, 0) is 21.2 Å². The Hall–Kier alpha value is -1.12. The first-order chi connectivity index (χ1) is 13.3. The maximum atomic E-state index is 12.7. The molecular weight excluding hydrogens is 439 g/mol. The van der Waals surface area contributed by atoms with E-state index in [1.165, 1.54) is 0 Å². The highest BCUT2D eigenvalue weighted by Crippen LogP contribution is 2.28. The van der Waals surface area contributed by atoms with Crippen LogP contribution in [0.1, 0.15) is 42.7 Å². The third-order valence-electron chi connectivity index (χ3n) is 4.70. The second kappa shape index (κ2) is 9.13. The van der Waals surface area contributed by atoms with Gasteiger partial charge in [0.05, 0.1) is 22.5 Å². The summed E-state index contributed by atoms with van der Waals surface area (Å²) in [6.45, 7) is 2.99. The van der Waals surface area contributed by atoms with Crippen LogP contribution >= 0.6 is 34.5 Å². The molecule has 1 aliphatic heterocycles. The second-order valence-electron chi connectivity index (χ2n) is 6.83. The van der Waals surface area contributed by atoms with Crippen LogP contribution in [0.25, 0.3) is 0 Å². The van der Waals surface area contributed by atoms with Crippen LogP contribution in [0.2, 0.25) is 10.0 Å². The van der Waals surface area contributed by atoms with Crippen LogP contribution in [0.4, 0.5) is 0 Å². The molecule has 5 nitrogen and oxygen atoms in total. The Morgan fingerprint density at radius 1 is 1.14 bits per heavy atom. The Balaban J connectivity index is 1.62. The van der Waals surface area contributed by atoms with E-state index in [9.17, 15) is 13.2 Å². The number of hydrogen-bond acceptors (Lipinski definition) is 4. The zero-order chi connectivity index (χ0) is 20.3. The number of rotatable bonds is 6. The second-order valence-corrected chi connectivity index (χ2v) is 11.0. The quantitative estimate of drug-likeness (QED) is 0.681. The highest BCUT2D eigenvalue weighted by Gasteiger charge is 2.27. The van der Waals surface area contributed by atoms with Crippen molar-refractivity contribution < 1.29 is 13.2 Å². The zero-order valence-corrected chi connectivity index (χ0v) is 18.6. The molecule has 2 aromatic rings. The van der Waals surface area contributed by atoms with Gasteiger partial charge in [-0.3, -0.25) is 4.79 Å². The number of thiophene rings is 1. The number of halogens is 2. The minimum Gasteiger partial charge on any atom is -0.349 e. The summed E-state index contributed by atoms with van der Waals surface area (Å²) in [5.74, 6) is -0.178. The number of benzene rings is 1. The van der Waals surface area contributed by atoms with Crippen molar-refractivity contribution in [1.29, 1.82) is 0 Å². The number of carbonyl (C=O) groups is 1. The minimum atomic E-state index is -3.46. The van der Waals surface area contributed by atoms with Crippen LogP contribution in [-0.4, -0.2) is 31.7 Å². The summed E-state index contributed by atoms with van der Waals surface area (Å²) in [6, 6.07) is 8.30. The smallest absolute Gasteiger partial charge is 0.252 e. The first-order valence-corrected chi connectivity index (χ1v) is 12.1. The van der Waals surface area contributed by atoms with E-state index in [1.54, 1.807) is 28.6 Å². The maximum absolute atomic E-state index is 12.7. The van der Waals surface area contributed by atoms with E-state index in [4.69, 9.17) is 23.2 Å². The number of sulfonamides is 1. The standard InChI is InChI=1S/C19H22Cl2N2O3S2/c1-13(14-5-7-16(20)17(21)11-14)22-18(24)12-15-6-8-19(27-15)28(25,26)23-9-3-2-4-10-23/h5-8,11,13H,2-4,9-10,12H2,1H3,(H,22,24). The van der Waals surface area contributed by atoms with Gasteiger partial charge in [0, 0.05) is 18.0 Å². The van der Waals surface area contributed by atoms with Crippen molar-refractivity contribution >= 4 is 50.5 Å². The molecule has 1 N–H and O–H groups in total. The summed E-state index contributed by atoms with van der Waals surface area (Å²) in [7, 11) is -3.46. The van der Waals surface area contributed by atoms with E-state index in [0.29, 0.717) is 27.3 Å². The Morgan fingerprint density at radius 2 is 1.86 bits per heavy atom. The van der Waals surface area contributed by atoms with Gasteiger partial charge >= 0.3 is 0 Å². The van der Waals surface area contributed by atoms with Gasteiger partial charge in [-0.15, -0.1) is 11.3 Å². The lowest BCUT2D eigenvalue weighted by atomic mass is 10.1. The van der Waals surface area contributed by atoms with E-state index in [2.05, 4.69) is 5.32 Å².